The molecule has 0 fully saturated rings. The highest BCUT2D eigenvalue weighted by atomic mass is 19.1. The molecule has 3 nitrogen and oxygen atoms in total. The first-order valence-electron chi connectivity index (χ1n) is 6.73. The highest BCUT2D eigenvalue weighted by Gasteiger charge is 2.09. The van der Waals surface area contributed by atoms with Gasteiger partial charge in [0.1, 0.15) is 11.6 Å². The smallest absolute Gasteiger partial charge is 0.176 e. The van der Waals surface area contributed by atoms with Crippen molar-refractivity contribution < 1.29 is 13.5 Å². The molecule has 1 aromatic heterocycles. The molecular weight excluding hydrogens is 269 g/mol. The summed E-state index contributed by atoms with van der Waals surface area (Å²) in [6, 6.07) is 12.7. The monoisotopic (exact) mass is 285 g/mol. The van der Waals surface area contributed by atoms with Gasteiger partial charge in [-0.15, -0.1) is 0 Å². The number of nitrogens with one attached hydrogen (secondary N) is 1. The Hall–Kier alpha value is -2.49. The minimum absolute atomic E-state index is 0.216. The van der Waals surface area contributed by atoms with Gasteiger partial charge < -0.3 is 14.5 Å². The van der Waals surface area contributed by atoms with Crippen LogP contribution in [0.3, 0.4) is 0 Å². The molecule has 2 aromatic carbocycles. The average molecular weight is 285 g/mol. The third-order valence-corrected chi connectivity index (χ3v) is 3.50. The van der Waals surface area contributed by atoms with Crippen molar-refractivity contribution in [3.63, 3.8) is 0 Å². The number of rotatable bonds is 4. The molecule has 1 N–H and O–H groups in total. The fourth-order valence-electron chi connectivity index (χ4n) is 2.32. The zero-order valence-corrected chi connectivity index (χ0v) is 11.9. The maximum atomic E-state index is 13.5. The first-order valence-corrected chi connectivity index (χ1v) is 6.73. The lowest BCUT2D eigenvalue weighted by molar-refractivity contribution is 0.408. The SMILES string of the molecule is COc1cccc2cc(CNc3cccc(F)c3C)oc12. The molecule has 0 spiro atoms. The van der Waals surface area contributed by atoms with Crippen molar-refractivity contribution in [3.05, 3.63) is 59.6 Å². The minimum Gasteiger partial charge on any atom is -0.493 e. The number of furan rings is 1. The van der Waals surface area contributed by atoms with Crippen LogP contribution in [-0.2, 0) is 6.54 Å². The average Bonchev–Trinajstić information content (AvgIpc) is 2.91. The Morgan fingerprint density at radius 3 is 2.81 bits per heavy atom. The van der Waals surface area contributed by atoms with E-state index in [1.807, 2.05) is 30.3 Å². The first kappa shape index (κ1) is 13.5. The molecule has 3 aromatic rings. The van der Waals surface area contributed by atoms with E-state index in [9.17, 15) is 4.39 Å². The highest BCUT2D eigenvalue weighted by molar-refractivity contribution is 5.83. The van der Waals surface area contributed by atoms with Crippen LogP contribution < -0.4 is 10.1 Å². The summed E-state index contributed by atoms with van der Waals surface area (Å²) in [6.07, 6.45) is 0. The quantitative estimate of drug-likeness (QED) is 0.766. The molecular formula is C17H16FNO2. The molecule has 0 radical (unpaired) electrons. The van der Waals surface area contributed by atoms with Crippen molar-refractivity contribution in [1.29, 1.82) is 0 Å². The summed E-state index contributed by atoms with van der Waals surface area (Å²) in [5.41, 5.74) is 2.10. The second-order valence-corrected chi connectivity index (χ2v) is 4.86. The van der Waals surface area contributed by atoms with Crippen LogP contribution in [0, 0.1) is 12.7 Å². The lowest BCUT2D eigenvalue weighted by atomic mass is 10.2. The largest absolute Gasteiger partial charge is 0.493 e. The molecule has 0 amide bonds. The summed E-state index contributed by atoms with van der Waals surface area (Å²) < 4.78 is 24.6. The van der Waals surface area contributed by atoms with Gasteiger partial charge in [0.05, 0.1) is 13.7 Å². The molecule has 0 saturated heterocycles. The topological polar surface area (TPSA) is 34.4 Å². The Bertz CT molecular complexity index is 780. The maximum Gasteiger partial charge on any atom is 0.176 e. The molecule has 0 bridgehead atoms. The molecule has 0 aliphatic heterocycles. The van der Waals surface area contributed by atoms with E-state index in [4.69, 9.17) is 9.15 Å². The second kappa shape index (κ2) is 5.48. The van der Waals surface area contributed by atoms with E-state index in [1.165, 1.54) is 6.07 Å². The van der Waals surface area contributed by atoms with Crippen molar-refractivity contribution in [2.45, 2.75) is 13.5 Å². The van der Waals surface area contributed by atoms with Crippen LogP contribution >= 0.6 is 0 Å². The molecule has 1 heterocycles. The fraction of sp³-hybridized carbons (Fsp3) is 0.176. The van der Waals surface area contributed by atoms with Gasteiger partial charge in [-0.3, -0.25) is 0 Å². The number of halogens is 1. The number of anilines is 1. The number of hydrogen-bond donors (Lipinski definition) is 1. The lowest BCUT2D eigenvalue weighted by Gasteiger charge is -2.08. The Morgan fingerprint density at radius 2 is 2.00 bits per heavy atom. The molecule has 0 aliphatic rings. The van der Waals surface area contributed by atoms with Gasteiger partial charge in [-0.05, 0) is 31.2 Å². The number of para-hydroxylation sites is 1. The van der Waals surface area contributed by atoms with Gasteiger partial charge in [0, 0.05) is 16.6 Å². The van der Waals surface area contributed by atoms with Crippen LogP contribution in [0.4, 0.5) is 10.1 Å². The summed E-state index contributed by atoms with van der Waals surface area (Å²) in [4.78, 5) is 0. The standard InChI is InChI=1S/C17H16FNO2/c1-11-14(18)6-4-7-15(11)19-10-13-9-12-5-3-8-16(20-2)17(12)21-13/h3-9,19H,10H2,1-2H3. The van der Waals surface area contributed by atoms with Crippen LogP contribution in [0.15, 0.2) is 46.9 Å². The van der Waals surface area contributed by atoms with Crippen molar-refractivity contribution in [2.75, 3.05) is 12.4 Å². The molecule has 108 valence electrons. The number of benzene rings is 2. The Morgan fingerprint density at radius 1 is 1.19 bits per heavy atom. The zero-order chi connectivity index (χ0) is 14.8. The van der Waals surface area contributed by atoms with Crippen LogP contribution in [0.25, 0.3) is 11.0 Å². The Balaban J connectivity index is 1.84. The van der Waals surface area contributed by atoms with E-state index in [0.29, 0.717) is 17.9 Å². The molecule has 0 saturated carbocycles. The van der Waals surface area contributed by atoms with E-state index >= 15 is 0 Å². The Labute approximate surface area is 122 Å². The third kappa shape index (κ3) is 2.57. The first-order chi connectivity index (χ1) is 10.2. The summed E-state index contributed by atoms with van der Waals surface area (Å²) in [5.74, 6) is 1.27. The molecule has 0 atom stereocenters. The van der Waals surface area contributed by atoms with Crippen molar-refractivity contribution in [3.8, 4) is 5.75 Å². The van der Waals surface area contributed by atoms with E-state index < -0.39 is 0 Å². The number of fused-ring (bicyclic) bond motifs is 1. The third-order valence-electron chi connectivity index (χ3n) is 3.50. The van der Waals surface area contributed by atoms with Crippen LogP contribution in [0.5, 0.6) is 5.75 Å². The van der Waals surface area contributed by atoms with E-state index in [-0.39, 0.29) is 5.82 Å². The van der Waals surface area contributed by atoms with Gasteiger partial charge in [-0.2, -0.15) is 0 Å². The van der Waals surface area contributed by atoms with Gasteiger partial charge in [0.25, 0.3) is 0 Å². The molecule has 0 unspecified atom stereocenters. The minimum atomic E-state index is -0.216. The lowest BCUT2D eigenvalue weighted by Crippen LogP contribution is -2.00. The van der Waals surface area contributed by atoms with Crippen molar-refractivity contribution in [1.82, 2.24) is 0 Å². The van der Waals surface area contributed by atoms with E-state index in [1.54, 1.807) is 20.1 Å². The van der Waals surface area contributed by atoms with E-state index in [0.717, 1.165) is 22.4 Å². The van der Waals surface area contributed by atoms with Crippen molar-refractivity contribution in [2.24, 2.45) is 0 Å². The number of methoxy groups -OCH3 is 1. The maximum absolute atomic E-state index is 13.5. The predicted octanol–water partition coefficient (Wildman–Crippen LogP) is 4.50. The zero-order valence-electron chi connectivity index (χ0n) is 11.9. The summed E-state index contributed by atoms with van der Waals surface area (Å²) >= 11 is 0. The van der Waals surface area contributed by atoms with Gasteiger partial charge >= 0.3 is 0 Å². The van der Waals surface area contributed by atoms with Gasteiger partial charge in [0.15, 0.2) is 11.3 Å². The van der Waals surface area contributed by atoms with E-state index in [2.05, 4.69) is 5.32 Å². The normalized spacial score (nSPS) is 10.8. The summed E-state index contributed by atoms with van der Waals surface area (Å²) in [5, 5.41) is 4.18. The molecule has 3 rings (SSSR count). The van der Waals surface area contributed by atoms with Gasteiger partial charge in [-0.25, -0.2) is 4.39 Å². The van der Waals surface area contributed by atoms with Crippen molar-refractivity contribution >= 4 is 16.7 Å². The molecule has 4 heteroatoms. The number of hydrogen-bond acceptors (Lipinski definition) is 3. The van der Waals surface area contributed by atoms with Gasteiger partial charge in [-0.1, -0.05) is 18.2 Å². The summed E-state index contributed by atoms with van der Waals surface area (Å²) in [7, 11) is 1.62. The molecule has 0 aliphatic carbocycles. The van der Waals surface area contributed by atoms with Crippen LogP contribution in [0.1, 0.15) is 11.3 Å². The van der Waals surface area contributed by atoms with Crippen LogP contribution in [0.2, 0.25) is 0 Å². The predicted molar refractivity (Wildman–Crippen MR) is 81.2 cm³/mol. The van der Waals surface area contributed by atoms with Crippen LogP contribution in [-0.4, -0.2) is 7.11 Å². The summed E-state index contributed by atoms with van der Waals surface area (Å²) in [6.45, 7) is 2.24. The Kier molecular flexibility index (Phi) is 3.52. The highest BCUT2D eigenvalue weighted by Crippen LogP contribution is 2.29. The second-order valence-electron chi connectivity index (χ2n) is 4.86. The molecule has 21 heavy (non-hydrogen) atoms. The van der Waals surface area contributed by atoms with Gasteiger partial charge in [0.2, 0.25) is 0 Å². The number of ether oxygens (including phenoxy) is 1. The fourth-order valence-corrected chi connectivity index (χ4v) is 2.32.